The minimum Gasteiger partial charge on any atom is -0.333 e. The van der Waals surface area contributed by atoms with Crippen LogP contribution in [0.5, 0.6) is 0 Å². The minimum absolute atomic E-state index is 0.0718. The lowest BCUT2D eigenvalue weighted by molar-refractivity contribution is 0.0400. The fraction of sp³-hybridized carbons (Fsp3) is 0.300. The molecule has 0 radical (unpaired) electrons. The van der Waals surface area contributed by atoms with E-state index in [1.54, 1.807) is 6.07 Å². The summed E-state index contributed by atoms with van der Waals surface area (Å²) in [6.07, 6.45) is -0.832. The fourth-order valence-electron chi connectivity index (χ4n) is 1.39. The number of hydrogen-bond acceptors (Lipinski definition) is 1. The second-order valence-corrected chi connectivity index (χ2v) is 4.56. The number of amides is 1. The van der Waals surface area contributed by atoms with Crippen LogP contribution in [0.3, 0.4) is 0 Å². The second-order valence-electron chi connectivity index (χ2n) is 3.32. The molecular weight excluding hydrogens is 296 g/mol. The number of carbonyl (C=O) groups is 1. The third-order valence-corrected chi connectivity index (χ3v) is 2.87. The molecule has 0 atom stereocenters. The van der Waals surface area contributed by atoms with E-state index in [2.05, 4.69) is 22.6 Å². The van der Waals surface area contributed by atoms with E-state index in [4.69, 9.17) is 0 Å². The zero-order chi connectivity index (χ0) is 10.1. The van der Waals surface area contributed by atoms with Crippen LogP contribution in [0.1, 0.15) is 10.4 Å². The van der Waals surface area contributed by atoms with E-state index >= 15 is 0 Å². The summed E-state index contributed by atoms with van der Waals surface area (Å²) in [6.45, 7) is 0.481. The Balaban J connectivity index is 2.12. The molecule has 0 unspecified atom stereocenters. The smallest absolute Gasteiger partial charge is 0.254 e. The molecule has 1 aliphatic rings. The Kier molecular flexibility index (Phi) is 2.71. The molecule has 2 rings (SSSR count). The van der Waals surface area contributed by atoms with E-state index in [1.165, 1.54) is 4.90 Å². The Morgan fingerprint density at radius 3 is 2.79 bits per heavy atom. The highest BCUT2D eigenvalue weighted by Gasteiger charge is 2.30. The molecule has 1 heterocycles. The predicted octanol–water partition coefficient (Wildman–Crippen LogP) is 2.09. The van der Waals surface area contributed by atoms with Crippen molar-refractivity contribution in [2.45, 2.75) is 6.17 Å². The first-order valence-corrected chi connectivity index (χ1v) is 5.43. The van der Waals surface area contributed by atoms with Gasteiger partial charge in [0.1, 0.15) is 6.17 Å². The van der Waals surface area contributed by atoms with Gasteiger partial charge in [0.2, 0.25) is 0 Å². The van der Waals surface area contributed by atoms with Crippen molar-refractivity contribution in [3.63, 3.8) is 0 Å². The molecule has 2 nitrogen and oxygen atoms in total. The molecule has 1 aliphatic heterocycles. The monoisotopic (exact) mass is 305 g/mol. The Labute approximate surface area is 95.2 Å². The number of likely N-dealkylation sites (tertiary alicyclic amines) is 1. The SMILES string of the molecule is O=C(c1cccc(I)c1)N1CC(F)C1. The van der Waals surface area contributed by atoms with Gasteiger partial charge < -0.3 is 4.90 Å². The van der Waals surface area contributed by atoms with Crippen LogP contribution in [0.25, 0.3) is 0 Å². The maximum Gasteiger partial charge on any atom is 0.254 e. The lowest BCUT2D eigenvalue weighted by Crippen LogP contribution is -2.51. The molecule has 1 saturated heterocycles. The van der Waals surface area contributed by atoms with Gasteiger partial charge in [0.05, 0.1) is 13.1 Å². The first-order chi connectivity index (χ1) is 6.66. The van der Waals surface area contributed by atoms with E-state index in [9.17, 15) is 9.18 Å². The summed E-state index contributed by atoms with van der Waals surface area (Å²) in [5.41, 5.74) is 0.642. The van der Waals surface area contributed by atoms with Crippen LogP contribution in [0.15, 0.2) is 24.3 Å². The minimum atomic E-state index is -0.832. The number of alkyl halides is 1. The van der Waals surface area contributed by atoms with Crippen molar-refractivity contribution in [3.05, 3.63) is 33.4 Å². The van der Waals surface area contributed by atoms with Gasteiger partial charge in [-0.1, -0.05) is 6.07 Å². The summed E-state index contributed by atoms with van der Waals surface area (Å²) in [6, 6.07) is 7.33. The molecule has 0 spiro atoms. The number of halogens is 2. The largest absolute Gasteiger partial charge is 0.333 e. The molecular formula is C10H9FINO. The number of carbonyl (C=O) groups excluding carboxylic acids is 1. The van der Waals surface area contributed by atoms with E-state index in [0.717, 1.165) is 3.57 Å². The molecule has 0 N–H and O–H groups in total. The molecule has 4 heteroatoms. The lowest BCUT2D eigenvalue weighted by Gasteiger charge is -2.34. The quantitative estimate of drug-likeness (QED) is 0.728. The van der Waals surface area contributed by atoms with Gasteiger partial charge in [-0.05, 0) is 40.8 Å². The van der Waals surface area contributed by atoms with Gasteiger partial charge in [0.25, 0.3) is 5.91 Å². The average molecular weight is 305 g/mol. The fourth-order valence-corrected chi connectivity index (χ4v) is 1.94. The summed E-state index contributed by atoms with van der Waals surface area (Å²) < 4.78 is 13.5. The summed E-state index contributed by atoms with van der Waals surface area (Å²) in [5, 5.41) is 0. The standard InChI is InChI=1S/C10H9FINO/c11-8-5-13(6-8)10(14)7-2-1-3-9(12)4-7/h1-4,8H,5-6H2. The molecule has 1 amide bonds. The predicted molar refractivity (Wildman–Crippen MR) is 60.0 cm³/mol. The van der Waals surface area contributed by atoms with Gasteiger partial charge in [-0.2, -0.15) is 0 Å². The van der Waals surface area contributed by atoms with Gasteiger partial charge in [0, 0.05) is 9.13 Å². The molecule has 14 heavy (non-hydrogen) atoms. The number of benzene rings is 1. The zero-order valence-electron chi connectivity index (χ0n) is 7.41. The third kappa shape index (κ3) is 1.89. The highest BCUT2D eigenvalue weighted by atomic mass is 127. The van der Waals surface area contributed by atoms with E-state index < -0.39 is 6.17 Å². The molecule has 0 saturated carbocycles. The first kappa shape index (κ1) is 9.89. The van der Waals surface area contributed by atoms with Crippen molar-refractivity contribution >= 4 is 28.5 Å². The van der Waals surface area contributed by atoms with Crippen LogP contribution in [-0.2, 0) is 0 Å². The maximum atomic E-state index is 12.5. The third-order valence-electron chi connectivity index (χ3n) is 2.20. The first-order valence-electron chi connectivity index (χ1n) is 4.36. The summed E-state index contributed by atoms with van der Waals surface area (Å²) in [7, 11) is 0. The van der Waals surface area contributed by atoms with Gasteiger partial charge in [-0.15, -0.1) is 0 Å². The van der Waals surface area contributed by atoms with Gasteiger partial charge in [0.15, 0.2) is 0 Å². The summed E-state index contributed by atoms with van der Waals surface area (Å²) in [4.78, 5) is 13.2. The van der Waals surface area contributed by atoms with Crippen LogP contribution in [0.2, 0.25) is 0 Å². The van der Waals surface area contributed by atoms with E-state index in [-0.39, 0.29) is 19.0 Å². The van der Waals surface area contributed by atoms with Crippen LogP contribution in [0.4, 0.5) is 4.39 Å². The van der Waals surface area contributed by atoms with Gasteiger partial charge in [-0.25, -0.2) is 4.39 Å². The van der Waals surface area contributed by atoms with Gasteiger partial charge in [-0.3, -0.25) is 4.79 Å². The Morgan fingerprint density at radius 1 is 1.50 bits per heavy atom. The zero-order valence-corrected chi connectivity index (χ0v) is 9.57. The second kappa shape index (κ2) is 3.84. The number of hydrogen-bond donors (Lipinski definition) is 0. The number of rotatable bonds is 1. The normalized spacial score (nSPS) is 16.6. The molecule has 0 bridgehead atoms. The molecule has 74 valence electrons. The maximum absolute atomic E-state index is 12.5. The van der Waals surface area contributed by atoms with Crippen LogP contribution >= 0.6 is 22.6 Å². The highest BCUT2D eigenvalue weighted by Crippen LogP contribution is 2.16. The topological polar surface area (TPSA) is 20.3 Å². The molecule has 0 aliphatic carbocycles. The van der Waals surface area contributed by atoms with Gasteiger partial charge >= 0.3 is 0 Å². The Bertz CT molecular complexity index is 363. The van der Waals surface area contributed by atoms with Crippen molar-refractivity contribution in [2.75, 3.05) is 13.1 Å². The molecule has 1 fully saturated rings. The van der Waals surface area contributed by atoms with Crippen molar-refractivity contribution < 1.29 is 9.18 Å². The average Bonchev–Trinajstić information content (AvgIpc) is 2.12. The Hall–Kier alpha value is -0.650. The van der Waals surface area contributed by atoms with Crippen molar-refractivity contribution in [2.24, 2.45) is 0 Å². The van der Waals surface area contributed by atoms with Crippen molar-refractivity contribution in [3.8, 4) is 0 Å². The highest BCUT2D eigenvalue weighted by molar-refractivity contribution is 14.1. The van der Waals surface area contributed by atoms with Crippen LogP contribution < -0.4 is 0 Å². The van der Waals surface area contributed by atoms with Crippen molar-refractivity contribution in [1.29, 1.82) is 0 Å². The van der Waals surface area contributed by atoms with E-state index in [0.29, 0.717) is 5.56 Å². The number of nitrogens with zero attached hydrogens (tertiary/aromatic N) is 1. The van der Waals surface area contributed by atoms with Crippen LogP contribution in [0, 0.1) is 3.57 Å². The lowest BCUT2D eigenvalue weighted by atomic mass is 10.1. The molecule has 1 aromatic rings. The van der Waals surface area contributed by atoms with E-state index in [1.807, 2.05) is 18.2 Å². The summed E-state index contributed by atoms with van der Waals surface area (Å²) in [5.74, 6) is -0.0718. The van der Waals surface area contributed by atoms with Crippen molar-refractivity contribution in [1.82, 2.24) is 4.90 Å². The summed E-state index contributed by atoms with van der Waals surface area (Å²) >= 11 is 2.15. The molecule has 1 aromatic carbocycles. The Morgan fingerprint density at radius 2 is 2.21 bits per heavy atom. The molecule has 0 aromatic heterocycles. The van der Waals surface area contributed by atoms with Crippen LogP contribution in [-0.4, -0.2) is 30.1 Å².